The van der Waals surface area contributed by atoms with E-state index in [9.17, 15) is 14.7 Å². The van der Waals surface area contributed by atoms with Crippen molar-refractivity contribution in [2.24, 2.45) is 10.8 Å². The second-order valence-corrected chi connectivity index (χ2v) is 19.9. The molecule has 0 atom stereocenters. The molecule has 2 aromatic heterocycles. The summed E-state index contributed by atoms with van der Waals surface area (Å²) in [5, 5.41) is 19.5. The lowest BCUT2D eigenvalue weighted by Crippen LogP contribution is -2.56. The summed E-state index contributed by atoms with van der Waals surface area (Å²) in [6, 6.07) is 21.5. The van der Waals surface area contributed by atoms with Gasteiger partial charge < -0.3 is 25.2 Å². The van der Waals surface area contributed by atoms with Gasteiger partial charge in [0.1, 0.15) is 5.75 Å². The number of carboxylic acid groups (broad SMARTS) is 1. The van der Waals surface area contributed by atoms with Crippen molar-refractivity contribution in [2.75, 3.05) is 13.7 Å². The first-order valence-electron chi connectivity index (χ1n) is 24.9. The first-order valence-corrected chi connectivity index (χ1v) is 24.9. The molecule has 3 N–H and O–H groups in total. The molecule has 2 aromatic carbocycles. The van der Waals surface area contributed by atoms with E-state index in [0.29, 0.717) is 0 Å². The first kappa shape index (κ1) is 46.9. The van der Waals surface area contributed by atoms with Gasteiger partial charge in [0.05, 0.1) is 47.0 Å². The predicted octanol–water partition coefficient (Wildman–Crippen LogP) is 12.3. The summed E-state index contributed by atoms with van der Waals surface area (Å²) in [6.45, 7) is 6.80. The predicted molar refractivity (Wildman–Crippen MR) is 254 cm³/mol. The molecular formula is C54H76N4O5. The number of esters is 1. The van der Waals surface area contributed by atoms with E-state index in [0.717, 1.165) is 137 Å². The molecule has 6 aliphatic carbocycles. The number of unbranched alkanes of at least 4 members (excludes halogenated alkanes) is 9. The molecule has 342 valence electrons. The van der Waals surface area contributed by atoms with Gasteiger partial charge in [-0.1, -0.05) is 89.8 Å². The number of aliphatic carboxylic acids is 1. The van der Waals surface area contributed by atoms with E-state index < -0.39 is 11.4 Å². The second kappa shape index (κ2) is 21.7. The molecule has 6 saturated carbocycles. The monoisotopic (exact) mass is 861 g/mol. The highest BCUT2D eigenvalue weighted by Gasteiger charge is 2.53. The average Bonchev–Trinajstić information content (AvgIpc) is 3.33. The van der Waals surface area contributed by atoms with Crippen LogP contribution in [0, 0.1) is 10.8 Å². The molecule has 0 amide bonds. The van der Waals surface area contributed by atoms with E-state index >= 15 is 0 Å². The van der Waals surface area contributed by atoms with Gasteiger partial charge in [0, 0.05) is 34.9 Å². The average molecular weight is 861 g/mol. The minimum atomic E-state index is -0.600. The Morgan fingerprint density at radius 1 is 0.587 bits per heavy atom. The highest BCUT2D eigenvalue weighted by atomic mass is 16.5. The number of ether oxygens (including phenoxy) is 2. The lowest BCUT2D eigenvalue weighted by molar-refractivity contribution is -0.160. The minimum absolute atomic E-state index is 0.00198. The molecule has 6 aliphatic rings. The highest BCUT2D eigenvalue weighted by Crippen LogP contribution is 2.54. The largest absolute Gasteiger partial charge is 0.494 e. The van der Waals surface area contributed by atoms with Crippen molar-refractivity contribution in [3.05, 3.63) is 77.6 Å². The normalized spacial score (nSPS) is 24.9. The molecule has 0 saturated heterocycles. The number of benzene rings is 2. The maximum absolute atomic E-state index is 12.2. The molecule has 0 spiro atoms. The maximum Gasteiger partial charge on any atom is 0.311 e. The summed E-state index contributed by atoms with van der Waals surface area (Å²) in [6.07, 6.45) is 26.6. The Kier molecular flexibility index (Phi) is 16.2. The number of nitrogens with zero attached hydrogens (tertiary/aromatic N) is 2. The quantitative estimate of drug-likeness (QED) is 0.0523. The highest BCUT2D eigenvalue weighted by molar-refractivity contribution is 5.81. The Morgan fingerprint density at radius 3 is 1.62 bits per heavy atom. The molecule has 4 aromatic rings. The van der Waals surface area contributed by atoms with E-state index in [-0.39, 0.29) is 22.5 Å². The maximum atomic E-state index is 12.2. The number of rotatable bonds is 22. The van der Waals surface area contributed by atoms with Crippen LogP contribution in [0.5, 0.6) is 5.75 Å². The molecule has 0 unspecified atom stereocenters. The minimum Gasteiger partial charge on any atom is -0.494 e. The second-order valence-electron chi connectivity index (χ2n) is 19.9. The van der Waals surface area contributed by atoms with E-state index in [1.54, 1.807) is 0 Å². The van der Waals surface area contributed by atoms with Crippen LogP contribution in [0.2, 0.25) is 0 Å². The van der Waals surface area contributed by atoms with Gasteiger partial charge in [0.25, 0.3) is 0 Å². The van der Waals surface area contributed by atoms with Gasteiger partial charge in [0.15, 0.2) is 0 Å². The fourth-order valence-electron chi connectivity index (χ4n) is 11.1. The van der Waals surface area contributed by atoms with Crippen molar-refractivity contribution in [3.8, 4) is 5.75 Å². The van der Waals surface area contributed by atoms with Crippen molar-refractivity contribution in [3.63, 3.8) is 0 Å². The molecule has 10 rings (SSSR count). The van der Waals surface area contributed by atoms with E-state index in [2.05, 4.69) is 73.0 Å². The third-order valence-electron chi connectivity index (χ3n) is 15.7. The van der Waals surface area contributed by atoms with Gasteiger partial charge in [-0.05, 0) is 144 Å². The number of hydrogen-bond donors (Lipinski definition) is 3. The standard InChI is InChI=1S/C28H40N2O2.C26H36N2O3/c1-3-4-5-6-7-8-9-22-10-13-25-23(20-22)11-12-24(30-25)21-29-28-17-14-27(15-18-28,16-19-28)26(31)32-2;1-2-3-4-5-6-17-31-22-9-10-23-20(18-22)7-8-21(28-23)19-27-26-14-11-25(12-15-26,13-16-26)24(29)30/h10-13,20,29H,3-9,14-19,21H2,1-2H3;7-10,18,27H,2-6,11-17,19H2,1H3,(H,29,30). The van der Waals surface area contributed by atoms with Crippen LogP contribution in [-0.4, -0.2) is 51.8 Å². The topological polar surface area (TPSA) is 123 Å². The van der Waals surface area contributed by atoms with E-state index in [1.807, 2.05) is 12.1 Å². The van der Waals surface area contributed by atoms with E-state index in [4.69, 9.17) is 19.4 Å². The van der Waals surface area contributed by atoms with Crippen molar-refractivity contribution in [2.45, 2.75) is 192 Å². The number of hydrogen-bond acceptors (Lipinski definition) is 8. The Labute approximate surface area is 377 Å². The number of aryl methyl sites for hydroxylation is 1. The number of fused-ring (bicyclic) bond motifs is 8. The van der Waals surface area contributed by atoms with Crippen LogP contribution < -0.4 is 15.4 Å². The smallest absolute Gasteiger partial charge is 0.311 e. The molecule has 63 heavy (non-hydrogen) atoms. The van der Waals surface area contributed by atoms with Gasteiger partial charge in [-0.25, -0.2) is 0 Å². The van der Waals surface area contributed by atoms with Crippen LogP contribution >= 0.6 is 0 Å². The molecule has 9 heteroatoms. The molecule has 9 nitrogen and oxygen atoms in total. The summed E-state index contributed by atoms with van der Waals surface area (Å²) in [4.78, 5) is 33.6. The van der Waals surface area contributed by atoms with Gasteiger partial charge >= 0.3 is 11.9 Å². The summed E-state index contributed by atoms with van der Waals surface area (Å²) < 4.78 is 11.0. The van der Waals surface area contributed by atoms with Crippen LogP contribution in [0.15, 0.2) is 60.7 Å². The van der Waals surface area contributed by atoms with E-state index in [1.165, 1.54) is 88.7 Å². The van der Waals surface area contributed by atoms with Crippen LogP contribution in [0.4, 0.5) is 0 Å². The Bertz CT molecular complexity index is 2090. The molecule has 0 aliphatic heterocycles. The zero-order chi connectivity index (χ0) is 44.2. The number of carbonyl (C=O) groups is 2. The number of pyridine rings is 2. The lowest BCUT2D eigenvalue weighted by Gasteiger charge is -2.52. The van der Waals surface area contributed by atoms with Gasteiger partial charge in [-0.2, -0.15) is 0 Å². The number of carboxylic acids is 1. The molecule has 6 fully saturated rings. The molecular weight excluding hydrogens is 785 g/mol. The summed E-state index contributed by atoms with van der Waals surface area (Å²) in [5.41, 5.74) is 5.22. The SMILES string of the molecule is CCCCCCCCc1ccc2nc(CNC34CCC(C(=O)OC)(CC3)CC4)ccc2c1.CCCCCCCOc1ccc2nc(CNC34CCC(C(=O)O)(CC3)CC4)ccc2c1. The van der Waals surface area contributed by atoms with Crippen LogP contribution in [0.1, 0.15) is 178 Å². The molecule has 2 heterocycles. The lowest BCUT2D eigenvalue weighted by atomic mass is 9.57. The van der Waals surface area contributed by atoms with Crippen molar-refractivity contribution >= 4 is 33.7 Å². The van der Waals surface area contributed by atoms with Crippen molar-refractivity contribution < 1.29 is 24.2 Å². The molecule has 4 bridgehead atoms. The zero-order valence-corrected chi connectivity index (χ0v) is 38.8. The first-order chi connectivity index (χ1) is 30.6. The van der Waals surface area contributed by atoms with Crippen LogP contribution in [-0.2, 0) is 33.8 Å². The van der Waals surface area contributed by atoms with Gasteiger partial charge in [-0.15, -0.1) is 0 Å². The number of carbonyl (C=O) groups excluding carboxylic acids is 1. The van der Waals surface area contributed by atoms with Crippen molar-refractivity contribution in [1.82, 2.24) is 20.6 Å². The number of aromatic nitrogens is 2. The van der Waals surface area contributed by atoms with Crippen molar-refractivity contribution in [1.29, 1.82) is 0 Å². The third kappa shape index (κ3) is 11.8. The fourth-order valence-corrected chi connectivity index (χ4v) is 11.1. The van der Waals surface area contributed by atoms with Crippen LogP contribution in [0.25, 0.3) is 21.8 Å². The summed E-state index contributed by atoms with van der Waals surface area (Å²) in [5.74, 6) is 0.315. The van der Waals surface area contributed by atoms with Gasteiger partial charge in [-0.3, -0.25) is 19.6 Å². The Hall–Kier alpha value is -4.08. The summed E-state index contributed by atoms with van der Waals surface area (Å²) in [7, 11) is 1.52. The van der Waals surface area contributed by atoms with Gasteiger partial charge in [0.2, 0.25) is 0 Å². The van der Waals surface area contributed by atoms with Crippen LogP contribution in [0.3, 0.4) is 0 Å². The molecule has 0 radical (unpaired) electrons. The Balaban J connectivity index is 0.000000189. The Morgan fingerprint density at radius 2 is 1.08 bits per heavy atom. The number of nitrogens with one attached hydrogen (secondary N) is 2. The summed E-state index contributed by atoms with van der Waals surface area (Å²) >= 11 is 0. The number of methoxy groups -OCH3 is 1. The zero-order valence-electron chi connectivity index (χ0n) is 38.8. The third-order valence-corrected chi connectivity index (χ3v) is 15.7. The fraction of sp³-hybridized carbons (Fsp3) is 0.630.